The fourth-order valence-corrected chi connectivity index (χ4v) is 5.47. The van der Waals surface area contributed by atoms with Gasteiger partial charge in [-0.25, -0.2) is 4.98 Å². The van der Waals surface area contributed by atoms with Crippen molar-refractivity contribution >= 4 is 51.7 Å². The SMILES string of the molecule is C=CCN1C(=O)/C(=C/c2c(N3C[C@H](C)C[C@H](C)C3)nc3ccccn3c2=O)SC1=S. The number of amides is 1. The topological polar surface area (TPSA) is 57.9 Å². The lowest BCUT2D eigenvalue weighted by molar-refractivity contribution is -0.121. The van der Waals surface area contributed by atoms with E-state index in [2.05, 4.69) is 25.3 Å². The molecule has 0 spiro atoms. The molecule has 2 saturated heterocycles. The molecule has 2 atom stereocenters. The number of aromatic nitrogens is 2. The molecule has 0 bridgehead atoms. The molecule has 4 heterocycles. The minimum absolute atomic E-state index is 0.185. The number of pyridine rings is 1. The summed E-state index contributed by atoms with van der Waals surface area (Å²) in [5, 5.41) is 0. The molecule has 6 nitrogen and oxygen atoms in total. The predicted molar refractivity (Wildman–Crippen MR) is 127 cm³/mol. The molecule has 2 aromatic rings. The summed E-state index contributed by atoms with van der Waals surface area (Å²) in [6, 6.07) is 5.50. The van der Waals surface area contributed by atoms with Gasteiger partial charge in [-0.15, -0.1) is 6.58 Å². The molecule has 0 N–H and O–H groups in total. The lowest BCUT2D eigenvalue weighted by Crippen LogP contribution is -2.40. The van der Waals surface area contributed by atoms with Gasteiger partial charge in [0, 0.05) is 25.8 Å². The van der Waals surface area contributed by atoms with Gasteiger partial charge < -0.3 is 4.90 Å². The Hall–Kier alpha value is -2.45. The maximum absolute atomic E-state index is 13.4. The Morgan fingerprint density at radius 2 is 2.00 bits per heavy atom. The van der Waals surface area contributed by atoms with Crippen molar-refractivity contribution in [2.45, 2.75) is 20.3 Å². The van der Waals surface area contributed by atoms with E-state index in [0.717, 1.165) is 19.5 Å². The van der Waals surface area contributed by atoms with Gasteiger partial charge in [0.15, 0.2) is 0 Å². The summed E-state index contributed by atoms with van der Waals surface area (Å²) in [6.07, 6.45) is 6.16. The van der Waals surface area contributed by atoms with Gasteiger partial charge in [0.05, 0.1) is 10.5 Å². The minimum Gasteiger partial charge on any atom is -0.355 e. The number of hydrogen-bond donors (Lipinski definition) is 0. The van der Waals surface area contributed by atoms with Crippen molar-refractivity contribution in [1.29, 1.82) is 0 Å². The summed E-state index contributed by atoms with van der Waals surface area (Å²) < 4.78 is 2.00. The van der Waals surface area contributed by atoms with Crippen LogP contribution in [0.2, 0.25) is 0 Å². The van der Waals surface area contributed by atoms with Crippen molar-refractivity contribution < 1.29 is 4.79 Å². The monoisotopic (exact) mass is 440 g/mol. The summed E-state index contributed by atoms with van der Waals surface area (Å²) in [5.74, 6) is 1.44. The summed E-state index contributed by atoms with van der Waals surface area (Å²) in [4.78, 5) is 35.2. The lowest BCUT2D eigenvalue weighted by atomic mass is 9.91. The minimum atomic E-state index is -0.200. The third kappa shape index (κ3) is 3.81. The quantitative estimate of drug-likeness (QED) is 0.412. The van der Waals surface area contributed by atoms with Crippen LogP contribution >= 0.6 is 24.0 Å². The molecule has 2 aromatic heterocycles. The Bertz CT molecular complexity index is 1110. The molecule has 0 unspecified atom stereocenters. The highest BCUT2D eigenvalue weighted by Gasteiger charge is 2.32. The van der Waals surface area contributed by atoms with Gasteiger partial charge >= 0.3 is 0 Å². The van der Waals surface area contributed by atoms with E-state index in [1.807, 2.05) is 12.1 Å². The second-order valence-corrected chi connectivity index (χ2v) is 9.69. The Labute approximate surface area is 185 Å². The molecule has 30 heavy (non-hydrogen) atoms. The molecule has 0 aromatic carbocycles. The summed E-state index contributed by atoms with van der Waals surface area (Å²) in [7, 11) is 0. The number of rotatable bonds is 4. The van der Waals surface area contributed by atoms with Crippen molar-refractivity contribution in [3.63, 3.8) is 0 Å². The molecule has 2 aliphatic heterocycles. The number of carbonyl (C=O) groups excluding carboxylic acids is 1. The zero-order valence-corrected chi connectivity index (χ0v) is 18.7. The first-order valence-electron chi connectivity index (χ1n) is 10.0. The Morgan fingerprint density at radius 3 is 2.70 bits per heavy atom. The van der Waals surface area contributed by atoms with Crippen molar-refractivity contribution in [2.24, 2.45) is 11.8 Å². The highest BCUT2D eigenvalue weighted by Crippen LogP contribution is 2.34. The first-order valence-corrected chi connectivity index (χ1v) is 11.2. The molecule has 2 fully saturated rings. The van der Waals surface area contributed by atoms with Crippen LogP contribution in [-0.2, 0) is 4.79 Å². The molecular weight excluding hydrogens is 416 g/mol. The highest BCUT2D eigenvalue weighted by molar-refractivity contribution is 8.26. The predicted octanol–water partition coefficient (Wildman–Crippen LogP) is 3.56. The number of fused-ring (bicyclic) bond motifs is 1. The van der Waals surface area contributed by atoms with Gasteiger partial charge in [-0.2, -0.15) is 0 Å². The maximum atomic E-state index is 13.4. The van der Waals surface area contributed by atoms with Gasteiger partial charge in [0.1, 0.15) is 15.8 Å². The molecule has 0 radical (unpaired) electrons. The number of hydrogen-bond acceptors (Lipinski definition) is 6. The van der Waals surface area contributed by atoms with Crippen LogP contribution in [0, 0.1) is 11.8 Å². The number of thiocarbonyl (C=S) groups is 1. The summed E-state index contributed by atoms with van der Waals surface area (Å²) >= 11 is 6.56. The molecule has 156 valence electrons. The van der Waals surface area contributed by atoms with Crippen LogP contribution in [0.1, 0.15) is 25.8 Å². The van der Waals surface area contributed by atoms with E-state index in [0.29, 0.717) is 44.6 Å². The molecule has 8 heteroatoms. The van der Waals surface area contributed by atoms with Crippen LogP contribution in [0.3, 0.4) is 0 Å². The van der Waals surface area contributed by atoms with Gasteiger partial charge in [-0.05, 0) is 36.5 Å². The largest absolute Gasteiger partial charge is 0.355 e. The van der Waals surface area contributed by atoms with E-state index in [1.165, 1.54) is 21.1 Å². The Morgan fingerprint density at radius 1 is 1.27 bits per heavy atom. The highest BCUT2D eigenvalue weighted by atomic mass is 32.2. The van der Waals surface area contributed by atoms with E-state index in [4.69, 9.17) is 17.2 Å². The zero-order chi connectivity index (χ0) is 21.4. The van der Waals surface area contributed by atoms with Crippen LogP contribution in [0.4, 0.5) is 5.82 Å². The van der Waals surface area contributed by atoms with Crippen molar-refractivity contribution in [1.82, 2.24) is 14.3 Å². The first kappa shape index (κ1) is 20.8. The molecule has 1 amide bonds. The van der Waals surface area contributed by atoms with Crippen LogP contribution in [-0.4, -0.2) is 44.1 Å². The standard InChI is InChI=1S/C22H24N4O2S2/c1-4-8-26-21(28)17(30-22(26)29)11-16-19(24-12-14(2)10-15(3)13-24)23-18-7-5-6-9-25(18)20(16)27/h4-7,9,11,14-15H,1,8,10,12-13H2,2-3H3/b17-11-/t14-,15+. The molecule has 0 aliphatic carbocycles. The summed E-state index contributed by atoms with van der Waals surface area (Å²) in [5.41, 5.74) is 0.842. The van der Waals surface area contributed by atoms with Gasteiger partial charge in [-0.3, -0.25) is 18.9 Å². The molecule has 2 aliphatic rings. The van der Waals surface area contributed by atoms with Crippen molar-refractivity contribution in [3.05, 3.63) is 57.9 Å². The average Bonchev–Trinajstić information content (AvgIpc) is 2.97. The average molecular weight is 441 g/mol. The van der Waals surface area contributed by atoms with Crippen molar-refractivity contribution in [3.8, 4) is 0 Å². The first-order chi connectivity index (χ1) is 14.4. The van der Waals surface area contributed by atoms with Gasteiger partial charge in [-0.1, -0.05) is 50.0 Å². The van der Waals surface area contributed by atoms with Crippen LogP contribution in [0.5, 0.6) is 0 Å². The molecular formula is C22H24N4O2S2. The summed E-state index contributed by atoms with van der Waals surface area (Å²) in [6.45, 7) is 10.1. The Balaban J connectivity index is 1.87. The number of nitrogens with zero attached hydrogens (tertiary/aromatic N) is 4. The van der Waals surface area contributed by atoms with E-state index in [-0.39, 0.29) is 11.5 Å². The van der Waals surface area contributed by atoms with Crippen LogP contribution < -0.4 is 10.5 Å². The second-order valence-electron chi connectivity index (χ2n) is 8.02. The van der Waals surface area contributed by atoms with Gasteiger partial charge in [0.25, 0.3) is 11.5 Å². The van der Waals surface area contributed by atoms with E-state index >= 15 is 0 Å². The van der Waals surface area contributed by atoms with Gasteiger partial charge in [0.2, 0.25) is 0 Å². The lowest BCUT2D eigenvalue weighted by Gasteiger charge is -2.36. The number of carbonyl (C=O) groups is 1. The fraction of sp³-hybridized carbons (Fsp3) is 0.364. The second kappa shape index (κ2) is 8.35. The number of thioether (sulfide) groups is 1. The Kier molecular flexibility index (Phi) is 5.79. The normalized spacial score (nSPS) is 23.6. The third-order valence-corrected chi connectivity index (χ3v) is 6.76. The van der Waals surface area contributed by atoms with Crippen molar-refractivity contribution in [2.75, 3.05) is 24.5 Å². The zero-order valence-electron chi connectivity index (χ0n) is 17.1. The number of piperidine rings is 1. The number of anilines is 1. The van der Waals surface area contributed by atoms with E-state index in [1.54, 1.807) is 24.4 Å². The maximum Gasteiger partial charge on any atom is 0.267 e. The molecule has 4 rings (SSSR count). The third-order valence-electron chi connectivity index (χ3n) is 5.38. The van der Waals surface area contributed by atoms with Crippen LogP contribution in [0.25, 0.3) is 11.7 Å². The fourth-order valence-electron chi connectivity index (χ4n) is 4.21. The van der Waals surface area contributed by atoms with E-state index in [9.17, 15) is 9.59 Å². The van der Waals surface area contributed by atoms with Crippen LogP contribution in [0.15, 0.2) is 46.8 Å². The van der Waals surface area contributed by atoms with E-state index < -0.39 is 0 Å². The smallest absolute Gasteiger partial charge is 0.267 e. The molecule has 0 saturated carbocycles.